The van der Waals surface area contributed by atoms with Crippen LogP contribution in [0, 0.1) is 11.8 Å². The van der Waals surface area contributed by atoms with E-state index in [2.05, 4.69) is 44.2 Å². The number of sulfone groups is 1. The average Bonchev–Trinajstić information content (AvgIpc) is 3.32. The molecule has 2 aliphatic heterocycles. The molecule has 10 heteroatoms. The van der Waals surface area contributed by atoms with E-state index in [0.717, 1.165) is 49.5 Å². The minimum atomic E-state index is -3.01. The minimum Gasteiger partial charge on any atom is -0.502 e. The van der Waals surface area contributed by atoms with Gasteiger partial charge in [-0.25, -0.2) is 13.4 Å². The van der Waals surface area contributed by atoms with E-state index in [-0.39, 0.29) is 23.5 Å². The summed E-state index contributed by atoms with van der Waals surface area (Å²) < 4.78 is 29.2. The van der Waals surface area contributed by atoms with Gasteiger partial charge >= 0.3 is 0 Å². The number of hydrogen-bond acceptors (Lipinski definition) is 8. The highest BCUT2D eigenvalue weighted by molar-refractivity contribution is 7.91. The molecule has 2 atom stereocenters. The second-order valence-electron chi connectivity index (χ2n) is 10.4. The van der Waals surface area contributed by atoms with Crippen LogP contribution in [0.4, 0.5) is 0 Å². The minimum absolute atomic E-state index is 0.112. The Morgan fingerprint density at radius 1 is 1.07 bits per heavy atom. The van der Waals surface area contributed by atoms with Crippen LogP contribution in [0.15, 0.2) is 59.7 Å². The molecule has 2 fully saturated rings. The predicted octanol–water partition coefficient (Wildman–Crippen LogP) is 1.81. The molecule has 9 nitrogen and oxygen atoms in total. The van der Waals surface area contributed by atoms with Crippen LogP contribution < -0.4 is 10.9 Å². The zero-order valence-corrected chi connectivity index (χ0v) is 23.1. The van der Waals surface area contributed by atoms with E-state index in [1.54, 1.807) is 0 Å². The first-order chi connectivity index (χ1) is 19.3. The number of hydrogen-bond donors (Lipinski definition) is 3. The lowest BCUT2D eigenvalue weighted by Crippen LogP contribution is -2.35. The second kappa shape index (κ2) is 12.8. The summed E-state index contributed by atoms with van der Waals surface area (Å²) in [5.74, 6) is 6.24. The van der Waals surface area contributed by atoms with Crippen LogP contribution in [0.5, 0.6) is 5.75 Å². The van der Waals surface area contributed by atoms with E-state index >= 15 is 0 Å². The number of morpholine rings is 1. The zero-order valence-electron chi connectivity index (χ0n) is 22.3. The maximum atomic E-state index is 11.9. The molecule has 1 aromatic heterocycles. The Kier molecular flexibility index (Phi) is 8.97. The average molecular weight is 563 g/mol. The molecule has 3 heterocycles. The van der Waals surface area contributed by atoms with Crippen molar-refractivity contribution in [1.29, 1.82) is 0 Å². The molecule has 210 valence electrons. The van der Waals surface area contributed by atoms with Crippen LogP contribution >= 0.6 is 0 Å². The fourth-order valence-corrected chi connectivity index (χ4v) is 6.79. The molecular formula is C30H34N4O5S. The number of nitrogens with zero attached hydrogens (tertiary/aromatic N) is 2. The molecule has 0 saturated carbocycles. The van der Waals surface area contributed by atoms with Crippen LogP contribution in [-0.2, 0) is 27.5 Å². The Labute approximate surface area is 234 Å². The fourth-order valence-electron chi connectivity index (χ4n) is 5.08. The largest absolute Gasteiger partial charge is 0.502 e. The number of aromatic amines is 1. The molecule has 40 heavy (non-hydrogen) atoms. The Morgan fingerprint density at radius 2 is 1.75 bits per heavy atom. The summed E-state index contributed by atoms with van der Waals surface area (Å²) in [4.78, 5) is 20.8. The highest BCUT2D eigenvalue weighted by Gasteiger charge is 2.28. The van der Waals surface area contributed by atoms with Gasteiger partial charge in [0.15, 0.2) is 9.84 Å². The lowest BCUT2D eigenvalue weighted by Gasteiger charge is -2.26. The molecule has 0 amide bonds. The molecule has 2 saturated heterocycles. The summed E-state index contributed by atoms with van der Waals surface area (Å²) in [6.45, 7) is 4.88. The first-order valence-corrected chi connectivity index (χ1v) is 15.4. The standard InChI is InChI=1S/C30H34N4O5S/c35-29-28(32-21-33-30(29)36)17-26(18-31-27-11-16-40(37,38)20-27)25-9-7-23(8-10-25)2-1-22-3-5-24(6-4-22)19-34-12-14-39-15-13-34/h3-10,21,26-27,31,35H,11-20H2,(H,32,33,36)/t26?,27-/m1/s1. The number of aromatic hydroxyl groups is 1. The number of aromatic nitrogens is 2. The number of ether oxygens (including phenoxy) is 1. The van der Waals surface area contributed by atoms with E-state index < -0.39 is 21.1 Å². The third-order valence-electron chi connectivity index (χ3n) is 7.43. The van der Waals surface area contributed by atoms with Crippen LogP contribution in [0.25, 0.3) is 0 Å². The summed E-state index contributed by atoms with van der Waals surface area (Å²) in [6.07, 6.45) is 2.18. The molecule has 0 radical (unpaired) electrons. The highest BCUT2D eigenvalue weighted by Crippen LogP contribution is 2.24. The lowest BCUT2D eigenvalue weighted by molar-refractivity contribution is 0.0342. The van der Waals surface area contributed by atoms with Crippen molar-refractivity contribution in [2.24, 2.45) is 0 Å². The van der Waals surface area contributed by atoms with E-state index in [1.807, 2.05) is 36.4 Å². The molecule has 2 aromatic carbocycles. The summed E-state index contributed by atoms with van der Waals surface area (Å²) in [5, 5.41) is 13.6. The lowest BCUT2D eigenvalue weighted by atomic mass is 9.92. The van der Waals surface area contributed by atoms with Crippen molar-refractivity contribution in [3.8, 4) is 17.6 Å². The monoisotopic (exact) mass is 562 g/mol. The molecule has 3 N–H and O–H groups in total. The van der Waals surface area contributed by atoms with Crippen LogP contribution in [-0.4, -0.2) is 78.8 Å². The van der Waals surface area contributed by atoms with Crippen LogP contribution in [0.3, 0.4) is 0 Å². The van der Waals surface area contributed by atoms with Gasteiger partial charge in [0.25, 0.3) is 5.56 Å². The van der Waals surface area contributed by atoms with Crippen molar-refractivity contribution in [2.45, 2.75) is 31.3 Å². The predicted molar refractivity (Wildman–Crippen MR) is 153 cm³/mol. The van der Waals surface area contributed by atoms with Crippen molar-refractivity contribution in [3.63, 3.8) is 0 Å². The fraction of sp³-hybridized carbons (Fsp3) is 0.400. The number of rotatable bonds is 8. The number of nitrogens with one attached hydrogen (secondary N) is 2. The summed E-state index contributed by atoms with van der Waals surface area (Å²) >= 11 is 0. The first-order valence-electron chi connectivity index (χ1n) is 13.5. The molecule has 2 aliphatic rings. The van der Waals surface area contributed by atoms with Gasteiger partial charge in [-0.2, -0.15) is 0 Å². The summed E-state index contributed by atoms with van der Waals surface area (Å²) in [5.41, 5.74) is 3.76. The molecular weight excluding hydrogens is 528 g/mol. The van der Waals surface area contributed by atoms with Crippen molar-refractivity contribution in [1.82, 2.24) is 20.2 Å². The van der Waals surface area contributed by atoms with Crippen molar-refractivity contribution in [2.75, 3.05) is 44.4 Å². The van der Waals surface area contributed by atoms with Gasteiger partial charge in [0.05, 0.1) is 36.7 Å². The van der Waals surface area contributed by atoms with Gasteiger partial charge in [-0.05, 0) is 41.8 Å². The van der Waals surface area contributed by atoms with Gasteiger partial charge in [0.1, 0.15) is 0 Å². The Morgan fingerprint density at radius 3 is 2.40 bits per heavy atom. The van der Waals surface area contributed by atoms with Crippen LogP contribution in [0.2, 0.25) is 0 Å². The van der Waals surface area contributed by atoms with Gasteiger partial charge in [-0.1, -0.05) is 36.1 Å². The zero-order chi connectivity index (χ0) is 28.0. The normalized spacial score (nSPS) is 19.6. The smallest absolute Gasteiger partial charge is 0.293 e. The van der Waals surface area contributed by atoms with E-state index in [1.165, 1.54) is 11.9 Å². The third-order valence-corrected chi connectivity index (χ3v) is 9.19. The maximum absolute atomic E-state index is 11.9. The molecule has 0 aliphatic carbocycles. The van der Waals surface area contributed by atoms with Gasteiger partial charge in [-0.3, -0.25) is 9.69 Å². The topological polar surface area (TPSA) is 125 Å². The first kappa shape index (κ1) is 28.1. The molecule has 3 aromatic rings. The van der Waals surface area contributed by atoms with Crippen molar-refractivity contribution >= 4 is 9.84 Å². The molecule has 0 bridgehead atoms. The van der Waals surface area contributed by atoms with E-state index in [0.29, 0.717) is 25.1 Å². The van der Waals surface area contributed by atoms with E-state index in [9.17, 15) is 18.3 Å². The maximum Gasteiger partial charge on any atom is 0.293 e. The van der Waals surface area contributed by atoms with Gasteiger partial charge in [0.2, 0.25) is 5.75 Å². The highest BCUT2D eigenvalue weighted by atomic mass is 32.2. The summed E-state index contributed by atoms with van der Waals surface area (Å²) in [6, 6.07) is 16.1. The quantitative estimate of drug-likeness (QED) is 0.355. The van der Waals surface area contributed by atoms with Crippen molar-refractivity contribution < 1.29 is 18.3 Å². The van der Waals surface area contributed by atoms with E-state index in [4.69, 9.17) is 4.74 Å². The second-order valence-corrected chi connectivity index (χ2v) is 12.6. The molecule has 1 unspecified atom stereocenters. The van der Waals surface area contributed by atoms with Crippen LogP contribution in [0.1, 0.15) is 40.3 Å². The number of H-pyrrole nitrogens is 1. The third kappa shape index (κ3) is 7.58. The molecule has 5 rings (SSSR count). The number of benzene rings is 2. The van der Waals surface area contributed by atoms with Gasteiger partial charge in [0, 0.05) is 55.7 Å². The Bertz CT molecular complexity index is 1520. The summed E-state index contributed by atoms with van der Waals surface area (Å²) in [7, 11) is -3.01. The Hall–Kier alpha value is -3.49. The van der Waals surface area contributed by atoms with Gasteiger partial charge < -0.3 is 20.1 Å². The SMILES string of the molecule is O=c1[nH]cnc(CC(CN[C@@H]2CCS(=O)(=O)C2)c2ccc(C#Cc3ccc(CN4CCOCC4)cc3)cc2)c1O. The van der Waals surface area contributed by atoms with Crippen molar-refractivity contribution in [3.05, 3.63) is 93.2 Å². The Balaban J connectivity index is 1.26. The van der Waals surface area contributed by atoms with Gasteiger partial charge in [-0.15, -0.1) is 0 Å². The molecule has 0 spiro atoms.